The van der Waals surface area contributed by atoms with E-state index in [2.05, 4.69) is 9.84 Å². The Morgan fingerprint density at radius 2 is 1.86 bits per heavy atom. The van der Waals surface area contributed by atoms with Crippen molar-refractivity contribution in [2.75, 3.05) is 5.73 Å². The van der Waals surface area contributed by atoms with Gasteiger partial charge in [0.2, 0.25) is 0 Å². The van der Waals surface area contributed by atoms with Crippen LogP contribution >= 0.6 is 23.2 Å². The third-order valence-corrected chi connectivity index (χ3v) is 3.04. The van der Waals surface area contributed by atoms with Gasteiger partial charge in [-0.25, -0.2) is 22.6 Å². The molecule has 0 aliphatic rings. The van der Waals surface area contributed by atoms with Crippen LogP contribution in [0.15, 0.2) is 6.20 Å². The molecule has 11 heteroatoms. The molecule has 0 spiro atoms. The van der Waals surface area contributed by atoms with E-state index in [1.165, 1.54) is 0 Å². The highest BCUT2D eigenvalue weighted by Crippen LogP contribution is 2.36. The zero-order valence-electron chi connectivity index (χ0n) is 9.70. The number of hydrogen-bond donors (Lipinski definition) is 2. The number of carboxylic acid groups (broad SMARTS) is 1. The van der Waals surface area contributed by atoms with Gasteiger partial charge < -0.3 is 15.6 Å². The Labute approximate surface area is 124 Å². The molecule has 0 atom stereocenters. The predicted octanol–water partition coefficient (Wildman–Crippen LogP) is 3.24. The molecule has 0 unspecified atom stereocenters. The van der Waals surface area contributed by atoms with E-state index in [9.17, 15) is 18.0 Å². The normalized spacial score (nSPS) is 10.7. The SMILES string of the molecule is Nc1c(OC(=O)O)cnn1-c1c(F)c(F)c(Cl)c(F)c1Cl. The summed E-state index contributed by atoms with van der Waals surface area (Å²) < 4.78 is 45.6. The van der Waals surface area contributed by atoms with Crippen molar-refractivity contribution in [1.29, 1.82) is 0 Å². The quantitative estimate of drug-likeness (QED) is 0.497. The molecular weight excluding hydrogens is 338 g/mol. The first kappa shape index (κ1) is 15.3. The van der Waals surface area contributed by atoms with Gasteiger partial charge in [-0.2, -0.15) is 5.10 Å². The van der Waals surface area contributed by atoms with Crippen molar-refractivity contribution in [3.8, 4) is 11.4 Å². The third kappa shape index (κ3) is 2.45. The molecule has 0 aliphatic carbocycles. The van der Waals surface area contributed by atoms with Crippen LogP contribution in [0.2, 0.25) is 10.0 Å². The van der Waals surface area contributed by atoms with Crippen molar-refractivity contribution in [1.82, 2.24) is 9.78 Å². The van der Waals surface area contributed by atoms with Crippen molar-refractivity contribution in [3.63, 3.8) is 0 Å². The average molecular weight is 342 g/mol. The highest BCUT2D eigenvalue weighted by Gasteiger charge is 2.27. The Hall–Kier alpha value is -2.13. The van der Waals surface area contributed by atoms with Crippen LogP contribution in [0.4, 0.5) is 23.8 Å². The van der Waals surface area contributed by atoms with Crippen molar-refractivity contribution in [2.45, 2.75) is 0 Å². The topological polar surface area (TPSA) is 90.4 Å². The smallest absolute Gasteiger partial charge is 0.449 e. The third-order valence-electron chi connectivity index (χ3n) is 2.37. The molecule has 1 aromatic heterocycles. The summed E-state index contributed by atoms with van der Waals surface area (Å²) in [6.07, 6.45) is -0.898. The number of aromatic nitrogens is 2. The maximum atomic E-state index is 13.9. The average Bonchev–Trinajstić information content (AvgIpc) is 2.76. The highest BCUT2D eigenvalue weighted by molar-refractivity contribution is 6.36. The van der Waals surface area contributed by atoms with E-state index >= 15 is 0 Å². The lowest BCUT2D eigenvalue weighted by Crippen LogP contribution is -2.10. The lowest BCUT2D eigenvalue weighted by Gasteiger charge is -2.11. The second kappa shape index (κ2) is 5.34. The van der Waals surface area contributed by atoms with Crippen LogP contribution in [0.1, 0.15) is 0 Å². The van der Waals surface area contributed by atoms with E-state index < -0.39 is 50.9 Å². The van der Waals surface area contributed by atoms with Crippen molar-refractivity contribution in [3.05, 3.63) is 33.7 Å². The van der Waals surface area contributed by atoms with Gasteiger partial charge in [0.05, 0.1) is 6.20 Å². The van der Waals surface area contributed by atoms with E-state index in [0.717, 1.165) is 6.20 Å². The number of benzene rings is 1. The van der Waals surface area contributed by atoms with Gasteiger partial charge in [-0.1, -0.05) is 23.2 Å². The Kier molecular flexibility index (Phi) is 3.88. The maximum absolute atomic E-state index is 13.9. The fraction of sp³-hybridized carbons (Fsp3) is 0. The molecule has 2 rings (SSSR count). The summed E-state index contributed by atoms with van der Waals surface area (Å²) >= 11 is 10.8. The summed E-state index contributed by atoms with van der Waals surface area (Å²) in [5.41, 5.74) is 4.60. The van der Waals surface area contributed by atoms with Crippen LogP contribution in [0.25, 0.3) is 5.69 Å². The largest absolute Gasteiger partial charge is 0.511 e. The molecule has 0 saturated carbocycles. The van der Waals surface area contributed by atoms with Gasteiger partial charge in [-0.05, 0) is 0 Å². The first-order chi connectivity index (χ1) is 9.75. The number of nitrogen functional groups attached to an aromatic ring is 1. The van der Waals surface area contributed by atoms with Crippen LogP contribution in [-0.4, -0.2) is 21.0 Å². The first-order valence-electron chi connectivity index (χ1n) is 5.01. The van der Waals surface area contributed by atoms with Gasteiger partial charge in [-0.15, -0.1) is 0 Å². The van der Waals surface area contributed by atoms with Gasteiger partial charge >= 0.3 is 6.16 Å². The summed E-state index contributed by atoms with van der Waals surface area (Å²) in [7, 11) is 0. The predicted molar refractivity (Wildman–Crippen MR) is 66.5 cm³/mol. The molecule has 0 amide bonds. The lowest BCUT2D eigenvalue weighted by molar-refractivity contribution is 0.144. The minimum absolute atomic E-state index is 0.464. The fourth-order valence-electron chi connectivity index (χ4n) is 1.47. The molecule has 112 valence electrons. The van der Waals surface area contributed by atoms with Crippen LogP contribution in [0, 0.1) is 17.5 Å². The van der Waals surface area contributed by atoms with Gasteiger partial charge in [0.25, 0.3) is 0 Å². The summed E-state index contributed by atoms with van der Waals surface area (Å²) in [6, 6.07) is 0. The van der Waals surface area contributed by atoms with E-state index in [-0.39, 0.29) is 0 Å². The molecule has 3 N–H and O–H groups in total. The number of halogens is 5. The van der Waals surface area contributed by atoms with Crippen LogP contribution in [0.5, 0.6) is 5.75 Å². The second-order valence-corrected chi connectivity index (χ2v) is 4.35. The number of hydrogen-bond acceptors (Lipinski definition) is 4. The Morgan fingerprint density at radius 1 is 1.24 bits per heavy atom. The van der Waals surface area contributed by atoms with Gasteiger partial charge in [0, 0.05) is 0 Å². The minimum Gasteiger partial charge on any atom is -0.449 e. The summed E-state index contributed by atoms with van der Waals surface area (Å²) in [5, 5.41) is 9.92. The molecule has 0 saturated heterocycles. The zero-order valence-corrected chi connectivity index (χ0v) is 11.2. The molecule has 0 fully saturated rings. The summed E-state index contributed by atoms with van der Waals surface area (Å²) in [6.45, 7) is 0. The lowest BCUT2D eigenvalue weighted by atomic mass is 10.2. The standard InChI is InChI=1S/C10H4Cl2F3N3O3/c11-3-5(13)4(12)8(7(15)6(3)14)18-9(16)2(1-17-18)21-10(19)20/h1H,16H2,(H,19,20). The van der Waals surface area contributed by atoms with E-state index in [1.54, 1.807) is 0 Å². The van der Waals surface area contributed by atoms with Crippen molar-refractivity contribution < 1.29 is 27.8 Å². The first-order valence-corrected chi connectivity index (χ1v) is 5.77. The molecule has 0 radical (unpaired) electrons. The van der Waals surface area contributed by atoms with Gasteiger partial charge in [0.15, 0.2) is 29.0 Å². The summed E-state index contributed by atoms with van der Waals surface area (Å²) in [5.74, 6) is -5.71. The van der Waals surface area contributed by atoms with E-state index in [1.807, 2.05) is 0 Å². The molecule has 1 aromatic carbocycles. The number of nitrogens with zero attached hydrogens (tertiary/aromatic N) is 2. The molecule has 2 aromatic rings. The van der Waals surface area contributed by atoms with E-state index in [4.69, 9.17) is 34.0 Å². The number of anilines is 1. The number of rotatable bonds is 2. The second-order valence-electron chi connectivity index (χ2n) is 3.59. The monoisotopic (exact) mass is 341 g/mol. The number of ether oxygens (including phenoxy) is 1. The fourth-order valence-corrected chi connectivity index (χ4v) is 1.96. The molecule has 0 bridgehead atoms. The Bertz CT molecular complexity index is 722. The van der Waals surface area contributed by atoms with Crippen molar-refractivity contribution in [2.24, 2.45) is 0 Å². The molecule has 6 nitrogen and oxygen atoms in total. The molecular formula is C10H4Cl2F3N3O3. The van der Waals surface area contributed by atoms with Crippen LogP contribution < -0.4 is 10.5 Å². The van der Waals surface area contributed by atoms with Crippen LogP contribution in [0.3, 0.4) is 0 Å². The van der Waals surface area contributed by atoms with Gasteiger partial charge in [0.1, 0.15) is 15.7 Å². The zero-order chi connectivity index (χ0) is 15.9. The number of nitrogens with two attached hydrogens (primary N) is 1. The van der Waals surface area contributed by atoms with Crippen molar-refractivity contribution >= 4 is 35.2 Å². The molecule has 1 heterocycles. The Morgan fingerprint density at radius 3 is 2.43 bits per heavy atom. The summed E-state index contributed by atoms with van der Waals surface area (Å²) in [4.78, 5) is 10.4. The maximum Gasteiger partial charge on any atom is 0.511 e. The Balaban J connectivity index is 2.69. The highest BCUT2D eigenvalue weighted by atomic mass is 35.5. The van der Waals surface area contributed by atoms with Gasteiger partial charge in [-0.3, -0.25) is 0 Å². The minimum atomic E-state index is -1.71. The van der Waals surface area contributed by atoms with Crippen LogP contribution in [-0.2, 0) is 0 Å². The van der Waals surface area contributed by atoms with E-state index in [0.29, 0.717) is 4.68 Å². The molecule has 0 aliphatic heterocycles. The molecule has 21 heavy (non-hydrogen) atoms. The number of carbonyl (C=O) groups is 1.